The fourth-order valence-corrected chi connectivity index (χ4v) is 0.996. The number of nitrogens with two attached hydrogens (primary N) is 1. The van der Waals surface area contributed by atoms with Gasteiger partial charge in [0.2, 0.25) is 0 Å². The Morgan fingerprint density at radius 3 is 3.14 bits per heavy atom. The van der Waals surface area contributed by atoms with Gasteiger partial charge in [-0.2, -0.15) is 0 Å². The summed E-state index contributed by atoms with van der Waals surface area (Å²) in [6, 6.07) is 3.28. The first-order valence-corrected chi connectivity index (χ1v) is 4.21. The maximum atomic E-state index is 8.03. The Balaban J connectivity index is 2.79. The van der Waals surface area contributed by atoms with E-state index in [4.69, 9.17) is 22.9 Å². The third kappa shape index (κ3) is 2.97. The van der Waals surface area contributed by atoms with Crippen LogP contribution < -0.4 is 5.73 Å². The van der Waals surface area contributed by atoms with Crippen LogP contribution in [0.2, 0.25) is 5.15 Å². The molecule has 1 rings (SSSR count). The lowest BCUT2D eigenvalue weighted by Gasteiger charge is -1.98. The van der Waals surface area contributed by atoms with Crippen molar-refractivity contribution in [3.63, 3.8) is 0 Å². The van der Waals surface area contributed by atoms with Crippen molar-refractivity contribution in [2.45, 2.75) is 0 Å². The average molecular weight is 210 g/mol. The number of rotatable bonds is 3. The second-order valence-electron chi connectivity index (χ2n) is 2.42. The summed E-state index contributed by atoms with van der Waals surface area (Å²) in [5.74, 6) is 0. The first-order chi connectivity index (χ1) is 6.74. The number of hydrogen-bond acceptors (Lipinski definition) is 3. The molecule has 2 N–H and O–H groups in total. The third-order valence-electron chi connectivity index (χ3n) is 1.45. The van der Waals surface area contributed by atoms with Crippen LogP contribution in [-0.4, -0.2) is 11.5 Å². The van der Waals surface area contributed by atoms with Gasteiger partial charge in [-0.3, -0.25) is 0 Å². The molecule has 6 heteroatoms. The van der Waals surface area contributed by atoms with E-state index in [-0.39, 0.29) is 6.54 Å². The summed E-state index contributed by atoms with van der Waals surface area (Å²) >= 11 is 5.67. The SMILES string of the molecule is [N-]=[N+]=NCC=Cc1nc(Cl)ccc1N. The van der Waals surface area contributed by atoms with Crippen LogP contribution in [0.15, 0.2) is 23.3 Å². The van der Waals surface area contributed by atoms with Gasteiger partial charge in [-0.25, -0.2) is 4.98 Å². The van der Waals surface area contributed by atoms with Crippen molar-refractivity contribution in [2.24, 2.45) is 5.11 Å². The van der Waals surface area contributed by atoms with Crippen molar-refractivity contribution in [1.29, 1.82) is 0 Å². The molecule has 0 saturated heterocycles. The molecule has 0 amide bonds. The summed E-state index contributed by atoms with van der Waals surface area (Å²) in [4.78, 5) is 6.59. The van der Waals surface area contributed by atoms with E-state index >= 15 is 0 Å². The minimum Gasteiger partial charge on any atom is -0.397 e. The summed E-state index contributed by atoms with van der Waals surface area (Å²) in [5.41, 5.74) is 14.8. The zero-order chi connectivity index (χ0) is 10.4. The van der Waals surface area contributed by atoms with Gasteiger partial charge in [0.05, 0.1) is 11.4 Å². The maximum absolute atomic E-state index is 8.03. The number of nitrogens with zero attached hydrogens (tertiary/aromatic N) is 4. The Bertz CT molecular complexity index is 395. The molecule has 0 fully saturated rings. The summed E-state index contributed by atoms with van der Waals surface area (Å²) in [5, 5.41) is 3.71. The van der Waals surface area contributed by atoms with Crippen molar-refractivity contribution in [2.75, 3.05) is 12.3 Å². The van der Waals surface area contributed by atoms with Crippen molar-refractivity contribution >= 4 is 23.4 Å². The largest absolute Gasteiger partial charge is 0.397 e. The van der Waals surface area contributed by atoms with E-state index in [1.807, 2.05) is 0 Å². The van der Waals surface area contributed by atoms with Gasteiger partial charge in [0.1, 0.15) is 5.15 Å². The lowest BCUT2D eigenvalue weighted by atomic mass is 10.3. The molecule has 1 heterocycles. The summed E-state index contributed by atoms with van der Waals surface area (Å²) < 4.78 is 0. The Morgan fingerprint density at radius 1 is 1.64 bits per heavy atom. The number of aromatic nitrogens is 1. The summed E-state index contributed by atoms with van der Waals surface area (Å²) in [6.07, 6.45) is 3.32. The first kappa shape index (κ1) is 10.4. The second kappa shape index (κ2) is 5.11. The number of nitrogen functional groups attached to an aromatic ring is 1. The highest BCUT2D eigenvalue weighted by molar-refractivity contribution is 6.29. The molecule has 0 saturated carbocycles. The molecule has 0 spiro atoms. The monoisotopic (exact) mass is 209 g/mol. The Morgan fingerprint density at radius 2 is 2.43 bits per heavy atom. The van der Waals surface area contributed by atoms with Crippen LogP contribution in [0.5, 0.6) is 0 Å². The van der Waals surface area contributed by atoms with Crippen LogP contribution in [0.1, 0.15) is 5.69 Å². The lowest BCUT2D eigenvalue weighted by molar-refractivity contribution is 1.21. The standard InChI is InChI=1S/C8H8ClN5/c9-8-4-3-6(10)7(13-8)2-1-5-12-14-11/h1-4H,5,10H2. The fraction of sp³-hybridized carbons (Fsp3) is 0.125. The minimum atomic E-state index is 0.268. The van der Waals surface area contributed by atoms with Gasteiger partial charge >= 0.3 is 0 Å². The first-order valence-electron chi connectivity index (χ1n) is 3.83. The van der Waals surface area contributed by atoms with Crippen LogP contribution in [0.25, 0.3) is 16.5 Å². The average Bonchev–Trinajstić information content (AvgIpc) is 2.18. The van der Waals surface area contributed by atoms with E-state index in [2.05, 4.69) is 15.0 Å². The highest BCUT2D eigenvalue weighted by atomic mass is 35.5. The van der Waals surface area contributed by atoms with Crippen molar-refractivity contribution in [3.8, 4) is 0 Å². The molecule has 0 aliphatic rings. The van der Waals surface area contributed by atoms with E-state index in [9.17, 15) is 0 Å². The van der Waals surface area contributed by atoms with Gasteiger partial charge in [-0.1, -0.05) is 22.8 Å². The zero-order valence-electron chi connectivity index (χ0n) is 7.26. The number of halogens is 1. The van der Waals surface area contributed by atoms with Crippen LogP contribution in [-0.2, 0) is 0 Å². The second-order valence-corrected chi connectivity index (χ2v) is 2.81. The molecule has 0 atom stereocenters. The Hall–Kier alpha value is -1.71. The lowest BCUT2D eigenvalue weighted by Crippen LogP contribution is -1.92. The molecule has 0 aliphatic carbocycles. The maximum Gasteiger partial charge on any atom is 0.129 e. The van der Waals surface area contributed by atoms with Gasteiger partial charge in [0, 0.05) is 11.5 Å². The fourth-order valence-electron chi connectivity index (χ4n) is 0.842. The molecule has 0 bridgehead atoms. The molecule has 0 radical (unpaired) electrons. The highest BCUT2D eigenvalue weighted by Crippen LogP contribution is 2.14. The molecule has 5 nitrogen and oxygen atoms in total. The molecular weight excluding hydrogens is 202 g/mol. The van der Waals surface area contributed by atoms with Gasteiger partial charge in [-0.15, -0.1) is 0 Å². The van der Waals surface area contributed by atoms with Gasteiger partial charge < -0.3 is 5.73 Å². The molecule has 0 aromatic carbocycles. The number of pyridine rings is 1. The van der Waals surface area contributed by atoms with Crippen LogP contribution >= 0.6 is 11.6 Å². The molecule has 1 aromatic heterocycles. The smallest absolute Gasteiger partial charge is 0.129 e. The number of hydrogen-bond donors (Lipinski definition) is 1. The van der Waals surface area contributed by atoms with E-state index < -0.39 is 0 Å². The van der Waals surface area contributed by atoms with Gasteiger partial charge in [0.25, 0.3) is 0 Å². The Kier molecular flexibility index (Phi) is 3.79. The topological polar surface area (TPSA) is 87.7 Å². The van der Waals surface area contributed by atoms with Crippen molar-refractivity contribution < 1.29 is 0 Å². The normalized spacial score (nSPS) is 10.1. The molecule has 0 unspecified atom stereocenters. The van der Waals surface area contributed by atoms with Crippen LogP contribution in [0, 0.1) is 0 Å². The van der Waals surface area contributed by atoms with E-state index in [1.54, 1.807) is 24.3 Å². The van der Waals surface area contributed by atoms with Crippen LogP contribution in [0.4, 0.5) is 5.69 Å². The number of azide groups is 1. The molecule has 0 aliphatic heterocycles. The molecular formula is C8H8ClN5. The van der Waals surface area contributed by atoms with Crippen molar-refractivity contribution in [1.82, 2.24) is 4.98 Å². The quantitative estimate of drug-likeness (QED) is 0.359. The minimum absolute atomic E-state index is 0.268. The third-order valence-corrected chi connectivity index (χ3v) is 1.66. The van der Waals surface area contributed by atoms with E-state index in [1.165, 1.54) is 0 Å². The van der Waals surface area contributed by atoms with Crippen LogP contribution in [0.3, 0.4) is 0 Å². The predicted octanol–water partition coefficient (Wildman–Crippen LogP) is 2.64. The summed E-state index contributed by atoms with van der Waals surface area (Å²) in [6.45, 7) is 0.268. The highest BCUT2D eigenvalue weighted by Gasteiger charge is 1.96. The van der Waals surface area contributed by atoms with Crippen molar-refractivity contribution in [3.05, 3.63) is 39.5 Å². The predicted molar refractivity (Wildman–Crippen MR) is 56.7 cm³/mol. The van der Waals surface area contributed by atoms with E-state index in [0.29, 0.717) is 16.5 Å². The van der Waals surface area contributed by atoms with Gasteiger partial charge in [0.15, 0.2) is 0 Å². The summed E-state index contributed by atoms with van der Waals surface area (Å²) in [7, 11) is 0. The number of anilines is 1. The Labute approximate surface area is 85.8 Å². The molecule has 1 aromatic rings. The molecule has 14 heavy (non-hydrogen) atoms. The van der Waals surface area contributed by atoms with E-state index in [0.717, 1.165) is 0 Å². The molecule has 72 valence electrons. The van der Waals surface area contributed by atoms with Gasteiger partial charge in [-0.05, 0) is 23.7 Å². The zero-order valence-corrected chi connectivity index (χ0v) is 8.02.